The summed E-state index contributed by atoms with van der Waals surface area (Å²) in [6.07, 6.45) is 4.81. The number of hydrogen-bond acceptors (Lipinski definition) is 6. The van der Waals surface area contributed by atoms with Gasteiger partial charge in [0.25, 0.3) is 11.8 Å². The molecule has 0 bridgehead atoms. The summed E-state index contributed by atoms with van der Waals surface area (Å²) in [6.45, 7) is 2.82. The first-order valence-corrected chi connectivity index (χ1v) is 9.82. The summed E-state index contributed by atoms with van der Waals surface area (Å²) < 4.78 is 10.5. The van der Waals surface area contributed by atoms with Crippen LogP contribution in [0.25, 0.3) is 11.1 Å². The van der Waals surface area contributed by atoms with E-state index in [1.165, 1.54) is 7.11 Å². The predicted octanol–water partition coefficient (Wildman–Crippen LogP) is 1.62. The average molecular weight is 396 g/mol. The normalized spacial score (nSPS) is 19.3. The van der Waals surface area contributed by atoms with Crippen molar-refractivity contribution in [1.29, 1.82) is 0 Å². The third-order valence-corrected chi connectivity index (χ3v) is 5.36. The van der Waals surface area contributed by atoms with Crippen LogP contribution in [0, 0.1) is 0 Å². The molecule has 29 heavy (non-hydrogen) atoms. The number of hydrogen-bond donors (Lipinski definition) is 0. The van der Waals surface area contributed by atoms with E-state index in [1.54, 1.807) is 17.3 Å². The van der Waals surface area contributed by atoms with Crippen LogP contribution in [0.2, 0.25) is 0 Å². The topological polar surface area (TPSA) is 84.9 Å². The van der Waals surface area contributed by atoms with Crippen molar-refractivity contribution in [2.24, 2.45) is 0 Å². The summed E-state index contributed by atoms with van der Waals surface area (Å²) in [5, 5.41) is 0. The summed E-state index contributed by atoms with van der Waals surface area (Å²) in [6, 6.07) is 7.71. The average Bonchev–Trinajstić information content (AvgIpc) is 3.33. The van der Waals surface area contributed by atoms with Gasteiger partial charge in [-0.2, -0.15) is 0 Å². The van der Waals surface area contributed by atoms with Crippen LogP contribution in [0.5, 0.6) is 6.01 Å². The molecule has 1 atom stereocenters. The Balaban J connectivity index is 1.35. The molecule has 1 aromatic carbocycles. The van der Waals surface area contributed by atoms with Crippen LogP contribution in [0.15, 0.2) is 36.7 Å². The molecule has 2 saturated heterocycles. The van der Waals surface area contributed by atoms with Gasteiger partial charge in [0.05, 0.1) is 7.11 Å². The minimum absolute atomic E-state index is 0.0215. The molecule has 2 aliphatic heterocycles. The maximum Gasteiger partial charge on any atom is 0.316 e. The highest BCUT2D eigenvalue weighted by Crippen LogP contribution is 2.21. The Bertz CT molecular complexity index is 855. The quantitative estimate of drug-likeness (QED) is 0.781. The van der Waals surface area contributed by atoms with Gasteiger partial charge in [-0.25, -0.2) is 9.97 Å². The molecule has 0 spiro atoms. The van der Waals surface area contributed by atoms with Gasteiger partial charge in [-0.1, -0.05) is 12.1 Å². The number of carbonyl (C=O) groups excluding carboxylic acids is 2. The van der Waals surface area contributed by atoms with Gasteiger partial charge in [0, 0.05) is 56.3 Å². The molecule has 3 heterocycles. The lowest BCUT2D eigenvalue weighted by molar-refractivity contribution is -0.142. The van der Waals surface area contributed by atoms with E-state index in [4.69, 9.17) is 9.47 Å². The monoisotopic (exact) mass is 396 g/mol. The van der Waals surface area contributed by atoms with Crippen LogP contribution in [0.4, 0.5) is 0 Å². The van der Waals surface area contributed by atoms with Crippen molar-refractivity contribution in [3.63, 3.8) is 0 Å². The van der Waals surface area contributed by atoms with Crippen LogP contribution in [0.1, 0.15) is 23.2 Å². The van der Waals surface area contributed by atoms with Crippen LogP contribution < -0.4 is 4.74 Å². The minimum atomic E-state index is -0.299. The second-order valence-corrected chi connectivity index (χ2v) is 7.15. The number of rotatable bonds is 4. The van der Waals surface area contributed by atoms with Crippen molar-refractivity contribution in [1.82, 2.24) is 19.8 Å². The van der Waals surface area contributed by atoms with Crippen LogP contribution in [0.3, 0.4) is 0 Å². The Hall–Kier alpha value is -3.00. The Morgan fingerprint density at radius 3 is 2.24 bits per heavy atom. The summed E-state index contributed by atoms with van der Waals surface area (Å²) >= 11 is 0. The number of piperazine rings is 1. The molecule has 0 aliphatic carbocycles. The molecule has 2 aromatic rings. The number of nitrogens with zero attached hydrogens (tertiary/aromatic N) is 4. The SMILES string of the molecule is COc1ncc(-c2ccc(C(=O)N3CCN(C(=O)[C@@H]4CCCO4)CC3)cc2)cn1. The lowest BCUT2D eigenvalue weighted by Gasteiger charge is -2.35. The van der Waals surface area contributed by atoms with Gasteiger partial charge in [-0.3, -0.25) is 9.59 Å². The Kier molecular flexibility index (Phi) is 5.71. The van der Waals surface area contributed by atoms with E-state index in [0.29, 0.717) is 44.4 Å². The molecule has 2 amide bonds. The summed E-state index contributed by atoms with van der Waals surface area (Å²) in [5.74, 6) is 0.0346. The van der Waals surface area contributed by atoms with Gasteiger partial charge in [0.2, 0.25) is 0 Å². The van der Waals surface area contributed by atoms with Gasteiger partial charge in [0.1, 0.15) is 6.10 Å². The Labute approximate surface area is 169 Å². The van der Waals surface area contributed by atoms with E-state index >= 15 is 0 Å². The fraction of sp³-hybridized carbons (Fsp3) is 0.429. The zero-order chi connectivity index (χ0) is 20.2. The van der Waals surface area contributed by atoms with Crippen LogP contribution >= 0.6 is 0 Å². The molecule has 4 rings (SSSR count). The van der Waals surface area contributed by atoms with Crippen molar-refractivity contribution in [3.8, 4) is 17.1 Å². The fourth-order valence-electron chi connectivity index (χ4n) is 3.66. The number of methoxy groups -OCH3 is 1. The first kappa shape index (κ1) is 19.3. The van der Waals surface area contributed by atoms with E-state index in [-0.39, 0.29) is 17.9 Å². The van der Waals surface area contributed by atoms with Crippen LogP contribution in [-0.2, 0) is 9.53 Å². The van der Waals surface area contributed by atoms with E-state index in [9.17, 15) is 9.59 Å². The maximum atomic E-state index is 12.8. The number of ether oxygens (including phenoxy) is 2. The Morgan fingerprint density at radius 2 is 1.66 bits per heavy atom. The zero-order valence-electron chi connectivity index (χ0n) is 16.4. The molecule has 8 nitrogen and oxygen atoms in total. The lowest BCUT2D eigenvalue weighted by Crippen LogP contribution is -2.52. The number of aromatic nitrogens is 2. The highest BCUT2D eigenvalue weighted by molar-refractivity contribution is 5.95. The molecular formula is C21H24N4O4. The highest BCUT2D eigenvalue weighted by Gasteiger charge is 2.31. The third-order valence-electron chi connectivity index (χ3n) is 5.36. The van der Waals surface area contributed by atoms with Gasteiger partial charge >= 0.3 is 6.01 Å². The molecular weight excluding hydrogens is 372 g/mol. The van der Waals surface area contributed by atoms with E-state index < -0.39 is 0 Å². The molecule has 8 heteroatoms. The Morgan fingerprint density at radius 1 is 1.00 bits per heavy atom. The van der Waals surface area contributed by atoms with E-state index in [1.807, 2.05) is 29.2 Å². The largest absolute Gasteiger partial charge is 0.467 e. The first-order valence-electron chi connectivity index (χ1n) is 9.82. The van der Waals surface area contributed by atoms with Crippen molar-refractivity contribution in [3.05, 3.63) is 42.2 Å². The standard InChI is InChI=1S/C21H24N4O4/c1-28-21-22-13-17(14-23-21)15-4-6-16(7-5-15)19(26)24-8-10-25(11-9-24)20(27)18-3-2-12-29-18/h4-7,13-14,18H,2-3,8-12H2,1H3/t18-/m0/s1. The van der Waals surface area contributed by atoms with Crippen molar-refractivity contribution in [2.75, 3.05) is 39.9 Å². The van der Waals surface area contributed by atoms with E-state index in [2.05, 4.69) is 9.97 Å². The lowest BCUT2D eigenvalue weighted by atomic mass is 10.1. The second kappa shape index (κ2) is 8.57. The number of carbonyl (C=O) groups is 2. The molecule has 152 valence electrons. The van der Waals surface area contributed by atoms with Gasteiger partial charge in [0.15, 0.2) is 0 Å². The minimum Gasteiger partial charge on any atom is -0.467 e. The predicted molar refractivity (Wildman–Crippen MR) is 105 cm³/mol. The number of amides is 2. The molecule has 0 N–H and O–H groups in total. The van der Waals surface area contributed by atoms with Crippen molar-refractivity contribution >= 4 is 11.8 Å². The molecule has 0 saturated carbocycles. The highest BCUT2D eigenvalue weighted by atomic mass is 16.5. The maximum absolute atomic E-state index is 12.8. The molecule has 1 aromatic heterocycles. The summed E-state index contributed by atoms with van der Waals surface area (Å²) in [7, 11) is 1.52. The summed E-state index contributed by atoms with van der Waals surface area (Å²) in [5.41, 5.74) is 2.41. The van der Waals surface area contributed by atoms with Crippen LogP contribution in [-0.4, -0.2) is 77.6 Å². The van der Waals surface area contributed by atoms with Gasteiger partial charge in [-0.05, 0) is 30.5 Å². The van der Waals surface area contributed by atoms with Crippen molar-refractivity contribution < 1.29 is 19.1 Å². The molecule has 0 radical (unpaired) electrons. The number of benzene rings is 1. The second-order valence-electron chi connectivity index (χ2n) is 7.15. The smallest absolute Gasteiger partial charge is 0.316 e. The third kappa shape index (κ3) is 4.22. The molecule has 2 aliphatic rings. The van der Waals surface area contributed by atoms with Gasteiger partial charge in [-0.15, -0.1) is 0 Å². The summed E-state index contributed by atoms with van der Waals surface area (Å²) in [4.78, 5) is 37.1. The first-order chi connectivity index (χ1) is 14.2. The van der Waals surface area contributed by atoms with E-state index in [0.717, 1.165) is 24.0 Å². The zero-order valence-corrected chi connectivity index (χ0v) is 16.4. The van der Waals surface area contributed by atoms with Crippen molar-refractivity contribution in [2.45, 2.75) is 18.9 Å². The fourth-order valence-corrected chi connectivity index (χ4v) is 3.66. The molecule has 2 fully saturated rings. The molecule has 0 unspecified atom stereocenters. The van der Waals surface area contributed by atoms with Gasteiger partial charge < -0.3 is 19.3 Å².